The van der Waals surface area contributed by atoms with Crippen LogP contribution in [-0.4, -0.2) is 44.0 Å². The van der Waals surface area contributed by atoms with Gasteiger partial charge in [0.2, 0.25) is 11.8 Å². The highest BCUT2D eigenvalue weighted by Gasteiger charge is 2.55. The molecule has 5 rings (SSSR count). The maximum atomic E-state index is 13.0. The molecule has 0 unspecified atom stereocenters. The summed E-state index contributed by atoms with van der Waals surface area (Å²) in [6.45, 7) is 4.97. The van der Waals surface area contributed by atoms with E-state index in [1.807, 2.05) is 11.8 Å². The van der Waals surface area contributed by atoms with Crippen molar-refractivity contribution in [3.8, 4) is 0 Å². The summed E-state index contributed by atoms with van der Waals surface area (Å²) in [6, 6.07) is 0. The third-order valence-electron chi connectivity index (χ3n) is 7.22. The third-order valence-corrected chi connectivity index (χ3v) is 7.22. The molecule has 2 aromatic heterocycles. The molecule has 2 saturated carbocycles. The van der Waals surface area contributed by atoms with Crippen molar-refractivity contribution in [2.24, 2.45) is 11.8 Å². The molecule has 1 amide bonds. The van der Waals surface area contributed by atoms with Crippen molar-refractivity contribution >= 4 is 5.91 Å². The van der Waals surface area contributed by atoms with Crippen LogP contribution in [0.2, 0.25) is 0 Å². The van der Waals surface area contributed by atoms with Gasteiger partial charge in [-0.2, -0.15) is 4.98 Å². The number of aromatic amines is 1. The van der Waals surface area contributed by atoms with Crippen LogP contribution in [0.3, 0.4) is 0 Å². The van der Waals surface area contributed by atoms with E-state index in [1.54, 1.807) is 6.92 Å². The second kappa shape index (κ2) is 7.32. The minimum atomic E-state index is -0.191. The quantitative estimate of drug-likeness (QED) is 0.782. The number of carbonyl (C=O) groups excluding carboxylic acids is 1. The van der Waals surface area contributed by atoms with Gasteiger partial charge in [-0.1, -0.05) is 11.6 Å². The van der Waals surface area contributed by atoms with Crippen molar-refractivity contribution in [1.82, 2.24) is 25.0 Å². The molecule has 2 aliphatic carbocycles. The van der Waals surface area contributed by atoms with Gasteiger partial charge in [0.05, 0.1) is 5.41 Å². The Kier molecular flexibility index (Phi) is 4.75. The summed E-state index contributed by atoms with van der Waals surface area (Å²) in [5.74, 6) is 3.33. The first-order chi connectivity index (χ1) is 14.4. The Morgan fingerprint density at radius 3 is 2.87 bits per heavy atom. The Hall–Kier alpha value is -2.51. The van der Waals surface area contributed by atoms with Crippen molar-refractivity contribution in [3.05, 3.63) is 39.2 Å². The van der Waals surface area contributed by atoms with Crippen LogP contribution in [0, 0.1) is 25.7 Å². The number of likely N-dealkylation sites (tertiary alicyclic amines) is 1. The lowest BCUT2D eigenvalue weighted by atomic mass is 9.80. The number of nitrogens with one attached hydrogen (secondary N) is 1. The fourth-order valence-corrected chi connectivity index (χ4v) is 5.38. The van der Waals surface area contributed by atoms with Gasteiger partial charge in [-0.05, 0) is 57.8 Å². The second-order valence-corrected chi connectivity index (χ2v) is 9.40. The molecule has 30 heavy (non-hydrogen) atoms. The molecule has 0 spiro atoms. The molecule has 1 saturated heterocycles. The highest BCUT2D eigenvalue weighted by Crippen LogP contribution is 2.50. The van der Waals surface area contributed by atoms with Crippen molar-refractivity contribution in [1.29, 1.82) is 0 Å². The molecule has 160 valence electrons. The van der Waals surface area contributed by atoms with Gasteiger partial charge in [0.1, 0.15) is 5.82 Å². The number of rotatable bonds is 6. The molecule has 1 aliphatic heterocycles. The van der Waals surface area contributed by atoms with E-state index in [1.165, 1.54) is 12.8 Å². The SMILES string of the molecule is Cc1nc(C)c(CCC(=O)N2C[C@H]3CCC[C@@]3(c3nc(CC4CC4)no3)C2)c(=O)[nH]1. The van der Waals surface area contributed by atoms with Crippen molar-refractivity contribution < 1.29 is 9.32 Å². The zero-order chi connectivity index (χ0) is 20.9. The number of amides is 1. The zero-order valence-electron chi connectivity index (χ0n) is 17.7. The molecular weight excluding hydrogens is 382 g/mol. The fourth-order valence-electron chi connectivity index (χ4n) is 5.38. The zero-order valence-corrected chi connectivity index (χ0v) is 17.7. The Bertz CT molecular complexity index is 1020. The number of carbonyl (C=O) groups is 1. The van der Waals surface area contributed by atoms with E-state index in [4.69, 9.17) is 9.51 Å². The molecule has 3 heterocycles. The monoisotopic (exact) mass is 411 g/mol. The van der Waals surface area contributed by atoms with Crippen LogP contribution in [0.1, 0.15) is 67.3 Å². The Balaban J connectivity index is 1.28. The number of aromatic nitrogens is 4. The van der Waals surface area contributed by atoms with Gasteiger partial charge >= 0.3 is 0 Å². The minimum absolute atomic E-state index is 0.0841. The summed E-state index contributed by atoms with van der Waals surface area (Å²) in [7, 11) is 0. The van der Waals surface area contributed by atoms with Gasteiger partial charge < -0.3 is 14.4 Å². The molecule has 3 fully saturated rings. The maximum absolute atomic E-state index is 13.0. The highest BCUT2D eigenvalue weighted by atomic mass is 16.5. The molecule has 0 aromatic carbocycles. The van der Waals surface area contributed by atoms with Gasteiger partial charge in [-0.3, -0.25) is 9.59 Å². The second-order valence-electron chi connectivity index (χ2n) is 9.40. The lowest BCUT2D eigenvalue weighted by molar-refractivity contribution is -0.130. The molecule has 3 aliphatic rings. The molecule has 0 radical (unpaired) electrons. The normalized spacial score (nSPS) is 25.7. The van der Waals surface area contributed by atoms with Crippen LogP contribution >= 0.6 is 0 Å². The average molecular weight is 412 g/mol. The number of aryl methyl sites for hydroxylation is 2. The van der Waals surface area contributed by atoms with Crippen LogP contribution in [0.15, 0.2) is 9.32 Å². The first kappa shape index (κ1) is 19.5. The Labute approximate surface area is 175 Å². The summed E-state index contributed by atoms with van der Waals surface area (Å²) in [5, 5.41) is 4.23. The van der Waals surface area contributed by atoms with Crippen LogP contribution in [0.25, 0.3) is 0 Å². The molecule has 8 heteroatoms. The number of nitrogens with zero attached hydrogens (tertiary/aromatic N) is 4. The summed E-state index contributed by atoms with van der Waals surface area (Å²) in [6.07, 6.45) is 7.37. The highest BCUT2D eigenvalue weighted by molar-refractivity contribution is 5.77. The minimum Gasteiger partial charge on any atom is -0.341 e. The third kappa shape index (κ3) is 3.46. The predicted octanol–water partition coefficient (Wildman–Crippen LogP) is 2.24. The number of hydrogen-bond donors (Lipinski definition) is 1. The van der Waals surface area contributed by atoms with Gasteiger partial charge in [0.25, 0.3) is 5.56 Å². The molecule has 0 bridgehead atoms. The van der Waals surface area contributed by atoms with E-state index < -0.39 is 0 Å². The lowest BCUT2D eigenvalue weighted by Gasteiger charge is -2.24. The predicted molar refractivity (Wildman–Crippen MR) is 109 cm³/mol. The summed E-state index contributed by atoms with van der Waals surface area (Å²) in [4.78, 5) is 39.0. The van der Waals surface area contributed by atoms with Crippen molar-refractivity contribution in [3.63, 3.8) is 0 Å². The molecular formula is C22H29N5O3. The van der Waals surface area contributed by atoms with Gasteiger partial charge in [-0.25, -0.2) is 4.98 Å². The summed E-state index contributed by atoms with van der Waals surface area (Å²) < 4.78 is 5.73. The van der Waals surface area contributed by atoms with Crippen LogP contribution in [0.5, 0.6) is 0 Å². The summed E-state index contributed by atoms with van der Waals surface area (Å²) in [5.41, 5.74) is 0.970. The van der Waals surface area contributed by atoms with E-state index in [0.717, 1.165) is 49.9 Å². The molecule has 1 N–H and O–H groups in total. The van der Waals surface area contributed by atoms with E-state index in [-0.39, 0.29) is 16.9 Å². The molecule has 8 nitrogen and oxygen atoms in total. The standard InChI is InChI=1S/C22H29N5O3/c1-13-17(20(29)24-14(2)23-13)7-8-19(28)27-11-16-4-3-9-22(16,12-27)21-25-18(26-30-21)10-15-5-6-15/h15-16H,3-12H2,1-2H3,(H,23,24,29)/t16-,22-/m1/s1. The smallest absolute Gasteiger partial charge is 0.254 e. The molecule has 2 atom stereocenters. The van der Waals surface area contributed by atoms with Gasteiger partial charge in [0, 0.05) is 37.2 Å². The lowest BCUT2D eigenvalue weighted by Crippen LogP contribution is -2.35. The maximum Gasteiger partial charge on any atom is 0.254 e. The van der Waals surface area contributed by atoms with E-state index in [0.29, 0.717) is 42.4 Å². The first-order valence-corrected chi connectivity index (χ1v) is 11.1. The van der Waals surface area contributed by atoms with Crippen LogP contribution in [-0.2, 0) is 23.1 Å². The topological polar surface area (TPSA) is 105 Å². The summed E-state index contributed by atoms with van der Waals surface area (Å²) >= 11 is 0. The van der Waals surface area contributed by atoms with Crippen LogP contribution in [0.4, 0.5) is 0 Å². The largest absolute Gasteiger partial charge is 0.341 e. The van der Waals surface area contributed by atoms with Crippen molar-refractivity contribution in [2.75, 3.05) is 13.1 Å². The fraction of sp³-hybridized carbons (Fsp3) is 0.682. The Morgan fingerprint density at radius 2 is 2.10 bits per heavy atom. The van der Waals surface area contributed by atoms with Crippen molar-refractivity contribution in [2.45, 2.75) is 70.6 Å². The number of fused-ring (bicyclic) bond motifs is 1. The number of H-pyrrole nitrogens is 1. The van der Waals surface area contributed by atoms with Gasteiger partial charge in [0.15, 0.2) is 5.82 Å². The van der Waals surface area contributed by atoms with E-state index in [9.17, 15) is 9.59 Å². The van der Waals surface area contributed by atoms with Crippen LogP contribution < -0.4 is 5.56 Å². The first-order valence-electron chi connectivity index (χ1n) is 11.1. The van der Waals surface area contributed by atoms with E-state index >= 15 is 0 Å². The van der Waals surface area contributed by atoms with E-state index in [2.05, 4.69) is 15.1 Å². The molecule has 2 aromatic rings. The Morgan fingerprint density at radius 1 is 1.27 bits per heavy atom. The average Bonchev–Trinajstić information content (AvgIpc) is 3.08. The number of hydrogen-bond acceptors (Lipinski definition) is 6. The van der Waals surface area contributed by atoms with Gasteiger partial charge in [-0.15, -0.1) is 0 Å².